The highest BCUT2D eigenvalue weighted by atomic mass is 35.5. The molecule has 37 heavy (non-hydrogen) atoms. The van der Waals surface area contributed by atoms with Crippen LogP contribution in [-0.2, 0) is 0 Å². The molecule has 5 rings (SSSR count). The molecular formula is C28H30ClN5O3. The van der Waals surface area contributed by atoms with Crippen LogP contribution in [-0.4, -0.2) is 61.3 Å². The van der Waals surface area contributed by atoms with E-state index in [2.05, 4.69) is 33.8 Å². The first-order valence-corrected chi connectivity index (χ1v) is 12.3. The number of benzene rings is 2. The second-order valence-corrected chi connectivity index (χ2v) is 8.77. The number of amides is 1. The Bertz CT molecular complexity index is 1240. The molecule has 0 N–H and O–H groups in total. The summed E-state index contributed by atoms with van der Waals surface area (Å²) in [6, 6.07) is 20.5. The van der Waals surface area contributed by atoms with Gasteiger partial charge in [-0.05, 0) is 55.0 Å². The minimum absolute atomic E-state index is 0. The standard InChI is InChI=1S/C28H29N5O3.ClH/c1-2-26(32-16-14-31(15-17-32)23-6-5-7-24-27(23)36-19-18-35-24)33(25-8-3-4-13-30-25)28(34)22-11-9-21(20-29)10-12-22;/h3-13,26H,2,14-19H2,1H3;1H. The summed E-state index contributed by atoms with van der Waals surface area (Å²) >= 11 is 0. The fraction of sp³-hybridized carbons (Fsp3) is 0.321. The van der Waals surface area contributed by atoms with Crippen molar-refractivity contribution in [1.29, 1.82) is 5.26 Å². The van der Waals surface area contributed by atoms with Crippen molar-refractivity contribution in [3.8, 4) is 17.6 Å². The number of nitrogens with zero attached hydrogens (tertiary/aromatic N) is 5. The Morgan fingerprint density at radius 2 is 1.78 bits per heavy atom. The van der Waals surface area contributed by atoms with E-state index < -0.39 is 0 Å². The van der Waals surface area contributed by atoms with E-state index in [1.54, 1.807) is 35.4 Å². The summed E-state index contributed by atoms with van der Waals surface area (Å²) in [5.41, 5.74) is 2.11. The summed E-state index contributed by atoms with van der Waals surface area (Å²) in [6.45, 7) is 6.39. The molecule has 0 aliphatic carbocycles. The molecule has 0 radical (unpaired) electrons. The summed E-state index contributed by atoms with van der Waals surface area (Å²) in [5, 5.41) is 9.14. The lowest BCUT2D eigenvalue weighted by Gasteiger charge is -2.44. The average Bonchev–Trinajstić information content (AvgIpc) is 2.96. The van der Waals surface area contributed by atoms with E-state index in [-0.39, 0.29) is 24.5 Å². The number of piperazine rings is 1. The van der Waals surface area contributed by atoms with Crippen molar-refractivity contribution in [3.63, 3.8) is 0 Å². The normalized spacial score (nSPS) is 15.7. The number of para-hydroxylation sites is 1. The van der Waals surface area contributed by atoms with Gasteiger partial charge >= 0.3 is 0 Å². The maximum atomic E-state index is 13.8. The molecular weight excluding hydrogens is 490 g/mol. The van der Waals surface area contributed by atoms with Crippen molar-refractivity contribution in [2.75, 3.05) is 49.2 Å². The Morgan fingerprint density at radius 1 is 1.03 bits per heavy atom. The number of fused-ring (bicyclic) bond motifs is 1. The molecule has 3 aromatic rings. The smallest absolute Gasteiger partial charge is 0.260 e. The van der Waals surface area contributed by atoms with Crippen LogP contribution in [0.4, 0.5) is 11.5 Å². The summed E-state index contributed by atoms with van der Waals surface area (Å²) in [5.74, 6) is 2.09. The van der Waals surface area contributed by atoms with Crippen LogP contribution in [0, 0.1) is 11.3 Å². The number of anilines is 2. The first-order chi connectivity index (χ1) is 17.7. The Balaban J connectivity index is 0.00000320. The van der Waals surface area contributed by atoms with Crippen LogP contribution >= 0.6 is 12.4 Å². The van der Waals surface area contributed by atoms with Gasteiger partial charge in [-0.1, -0.05) is 19.1 Å². The van der Waals surface area contributed by atoms with Crippen LogP contribution in [0.5, 0.6) is 11.5 Å². The monoisotopic (exact) mass is 519 g/mol. The number of nitriles is 1. The van der Waals surface area contributed by atoms with Crippen LogP contribution in [0.3, 0.4) is 0 Å². The number of hydrogen-bond donors (Lipinski definition) is 0. The van der Waals surface area contributed by atoms with Crippen LogP contribution in [0.2, 0.25) is 0 Å². The van der Waals surface area contributed by atoms with Crippen molar-refractivity contribution < 1.29 is 14.3 Å². The lowest BCUT2D eigenvalue weighted by molar-refractivity contribution is 0.0910. The highest BCUT2D eigenvalue weighted by Crippen LogP contribution is 2.40. The van der Waals surface area contributed by atoms with Gasteiger partial charge in [0.25, 0.3) is 5.91 Å². The van der Waals surface area contributed by atoms with Gasteiger partial charge in [0, 0.05) is 37.9 Å². The van der Waals surface area contributed by atoms with Gasteiger partial charge in [0.1, 0.15) is 19.0 Å². The molecule has 2 aliphatic rings. The molecule has 2 aliphatic heterocycles. The van der Waals surface area contributed by atoms with Gasteiger partial charge in [-0.15, -0.1) is 12.4 Å². The van der Waals surface area contributed by atoms with Gasteiger partial charge < -0.3 is 14.4 Å². The average molecular weight is 520 g/mol. The van der Waals surface area contributed by atoms with Crippen molar-refractivity contribution in [1.82, 2.24) is 9.88 Å². The fourth-order valence-electron chi connectivity index (χ4n) is 4.89. The molecule has 1 amide bonds. The van der Waals surface area contributed by atoms with E-state index in [0.717, 1.165) is 49.8 Å². The first-order valence-electron chi connectivity index (χ1n) is 12.3. The maximum absolute atomic E-state index is 13.8. The molecule has 1 fully saturated rings. The molecule has 1 aromatic heterocycles. The van der Waals surface area contributed by atoms with Gasteiger partial charge in [0.2, 0.25) is 0 Å². The van der Waals surface area contributed by atoms with Gasteiger partial charge in [-0.3, -0.25) is 14.6 Å². The van der Waals surface area contributed by atoms with Crippen molar-refractivity contribution in [2.24, 2.45) is 0 Å². The van der Waals surface area contributed by atoms with Gasteiger partial charge in [-0.25, -0.2) is 4.98 Å². The van der Waals surface area contributed by atoms with Crippen LogP contribution in [0.1, 0.15) is 29.3 Å². The van der Waals surface area contributed by atoms with Crippen molar-refractivity contribution in [2.45, 2.75) is 19.5 Å². The number of ether oxygens (including phenoxy) is 2. The second kappa shape index (κ2) is 12.0. The third-order valence-corrected chi connectivity index (χ3v) is 6.66. The summed E-state index contributed by atoms with van der Waals surface area (Å²) in [4.78, 5) is 24.7. The van der Waals surface area contributed by atoms with E-state index in [4.69, 9.17) is 14.7 Å². The quantitative estimate of drug-likeness (QED) is 0.479. The summed E-state index contributed by atoms with van der Waals surface area (Å²) < 4.78 is 11.7. The molecule has 9 heteroatoms. The molecule has 1 atom stereocenters. The molecule has 1 saturated heterocycles. The Kier molecular flexibility index (Phi) is 8.49. The minimum atomic E-state index is -0.158. The SMILES string of the molecule is CCC(N1CCN(c2cccc3c2OCCO3)CC1)N(C(=O)c1ccc(C#N)cc1)c1ccccn1.Cl. The molecule has 0 saturated carbocycles. The highest BCUT2D eigenvalue weighted by molar-refractivity contribution is 6.06. The number of hydrogen-bond acceptors (Lipinski definition) is 7. The largest absolute Gasteiger partial charge is 0.486 e. The predicted octanol–water partition coefficient (Wildman–Crippen LogP) is 4.35. The van der Waals surface area contributed by atoms with Gasteiger partial charge in [-0.2, -0.15) is 5.26 Å². The predicted molar refractivity (Wildman–Crippen MR) is 145 cm³/mol. The fourth-order valence-corrected chi connectivity index (χ4v) is 4.89. The number of carbonyl (C=O) groups excluding carboxylic acids is 1. The number of pyridine rings is 1. The van der Waals surface area contributed by atoms with E-state index in [0.29, 0.717) is 30.2 Å². The third-order valence-electron chi connectivity index (χ3n) is 6.66. The zero-order chi connectivity index (χ0) is 24.9. The number of aromatic nitrogens is 1. The third kappa shape index (κ3) is 5.48. The van der Waals surface area contributed by atoms with Gasteiger partial charge in [0.05, 0.1) is 23.5 Å². The molecule has 0 spiro atoms. The van der Waals surface area contributed by atoms with E-state index in [9.17, 15) is 4.79 Å². The maximum Gasteiger partial charge on any atom is 0.260 e. The minimum Gasteiger partial charge on any atom is -0.486 e. The zero-order valence-electron chi connectivity index (χ0n) is 20.7. The first kappa shape index (κ1) is 26.3. The Morgan fingerprint density at radius 3 is 2.46 bits per heavy atom. The molecule has 1 unspecified atom stereocenters. The molecule has 192 valence electrons. The van der Waals surface area contributed by atoms with Crippen LogP contribution in [0.15, 0.2) is 66.9 Å². The van der Waals surface area contributed by atoms with Crippen molar-refractivity contribution >= 4 is 29.8 Å². The summed E-state index contributed by atoms with van der Waals surface area (Å²) in [6.07, 6.45) is 2.30. The van der Waals surface area contributed by atoms with E-state index in [1.165, 1.54) is 0 Å². The lowest BCUT2D eigenvalue weighted by Crippen LogP contribution is -2.57. The molecule has 0 bridgehead atoms. The van der Waals surface area contributed by atoms with E-state index in [1.807, 2.05) is 30.3 Å². The van der Waals surface area contributed by atoms with Crippen molar-refractivity contribution in [3.05, 3.63) is 78.0 Å². The number of carbonyl (C=O) groups is 1. The highest BCUT2D eigenvalue weighted by Gasteiger charge is 2.33. The van der Waals surface area contributed by atoms with E-state index >= 15 is 0 Å². The lowest BCUT2D eigenvalue weighted by atomic mass is 10.1. The molecule has 3 heterocycles. The topological polar surface area (TPSA) is 81.9 Å². The Hall–Kier alpha value is -3.80. The zero-order valence-corrected chi connectivity index (χ0v) is 21.6. The van der Waals surface area contributed by atoms with Gasteiger partial charge in [0.15, 0.2) is 11.5 Å². The summed E-state index contributed by atoms with van der Waals surface area (Å²) in [7, 11) is 0. The number of halogens is 1. The van der Waals surface area contributed by atoms with Crippen LogP contribution in [0.25, 0.3) is 0 Å². The van der Waals surface area contributed by atoms with Crippen LogP contribution < -0.4 is 19.3 Å². The second-order valence-electron chi connectivity index (χ2n) is 8.77. The molecule has 2 aromatic carbocycles. The Labute approximate surface area is 223 Å². The number of rotatable bonds is 6. The molecule has 8 nitrogen and oxygen atoms in total.